The first-order chi connectivity index (χ1) is 14.8. The maximum absolute atomic E-state index is 13.0. The molecule has 1 atom stereocenters. The molecule has 0 aliphatic carbocycles. The van der Waals surface area contributed by atoms with Crippen LogP contribution in [-0.4, -0.2) is 58.9 Å². The Morgan fingerprint density at radius 2 is 2.06 bits per heavy atom. The predicted molar refractivity (Wildman–Crippen MR) is 120 cm³/mol. The highest BCUT2D eigenvalue weighted by Gasteiger charge is 2.32. The summed E-state index contributed by atoms with van der Waals surface area (Å²) in [5.41, 5.74) is 10.9. The van der Waals surface area contributed by atoms with Crippen LogP contribution in [0.5, 0.6) is 0 Å². The first kappa shape index (κ1) is 20.9. The molecule has 1 aliphatic heterocycles. The van der Waals surface area contributed by atoms with E-state index < -0.39 is 5.91 Å². The van der Waals surface area contributed by atoms with Gasteiger partial charge in [0, 0.05) is 50.4 Å². The number of aryl methyl sites for hydroxylation is 1. The molecule has 0 saturated carbocycles. The molecular formula is C22H24N6O2S. The van der Waals surface area contributed by atoms with E-state index in [1.807, 2.05) is 36.9 Å². The van der Waals surface area contributed by atoms with Crippen molar-refractivity contribution in [3.8, 4) is 11.1 Å². The third-order valence-corrected chi connectivity index (χ3v) is 6.38. The van der Waals surface area contributed by atoms with Crippen molar-refractivity contribution in [1.82, 2.24) is 19.9 Å². The molecule has 1 aliphatic rings. The van der Waals surface area contributed by atoms with Crippen molar-refractivity contribution in [1.29, 1.82) is 0 Å². The van der Waals surface area contributed by atoms with E-state index in [4.69, 9.17) is 10.7 Å². The van der Waals surface area contributed by atoms with Crippen LogP contribution in [0.15, 0.2) is 36.0 Å². The van der Waals surface area contributed by atoms with E-state index in [0.29, 0.717) is 29.5 Å². The maximum atomic E-state index is 13.0. The van der Waals surface area contributed by atoms with Crippen molar-refractivity contribution in [2.45, 2.75) is 19.3 Å². The molecule has 0 radical (unpaired) electrons. The normalized spacial score (nSPS) is 15.8. The first-order valence-corrected chi connectivity index (χ1v) is 10.9. The zero-order chi connectivity index (χ0) is 22.1. The summed E-state index contributed by atoms with van der Waals surface area (Å²) in [6.07, 6.45) is 2.59. The van der Waals surface area contributed by atoms with Gasteiger partial charge in [0.2, 0.25) is 11.9 Å². The fourth-order valence-electron chi connectivity index (χ4n) is 3.79. The number of rotatable bonds is 5. The molecule has 1 fully saturated rings. The van der Waals surface area contributed by atoms with Gasteiger partial charge in [-0.25, -0.2) is 15.0 Å². The van der Waals surface area contributed by atoms with Gasteiger partial charge < -0.3 is 15.5 Å². The Labute approximate surface area is 184 Å². The van der Waals surface area contributed by atoms with Crippen LogP contribution < -0.4 is 10.6 Å². The van der Waals surface area contributed by atoms with Crippen LogP contribution in [0.4, 0.5) is 5.95 Å². The zero-order valence-electron chi connectivity index (χ0n) is 17.7. The van der Waals surface area contributed by atoms with Gasteiger partial charge in [-0.3, -0.25) is 9.59 Å². The summed E-state index contributed by atoms with van der Waals surface area (Å²) >= 11 is 1.37. The van der Waals surface area contributed by atoms with Crippen LogP contribution in [0.25, 0.3) is 11.1 Å². The number of carbonyl (C=O) groups is 2. The summed E-state index contributed by atoms with van der Waals surface area (Å²) in [6, 6.07) is 7.17. The first-order valence-electron chi connectivity index (χ1n) is 9.99. The van der Waals surface area contributed by atoms with Gasteiger partial charge in [-0.2, -0.15) is 0 Å². The summed E-state index contributed by atoms with van der Waals surface area (Å²) in [5.74, 6) is 0.201. The van der Waals surface area contributed by atoms with Gasteiger partial charge in [0.25, 0.3) is 5.91 Å². The summed E-state index contributed by atoms with van der Waals surface area (Å²) in [5, 5.41) is 0. The molecule has 1 saturated heterocycles. The van der Waals surface area contributed by atoms with E-state index in [9.17, 15) is 9.59 Å². The second-order valence-electron chi connectivity index (χ2n) is 7.81. The van der Waals surface area contributed by atoms with Crippen LogP contribution in [0.3, 0.4) is 0 Å². The molecule has 160 valence electrons. The molecule has 31 heavy (non-hydrogen) atoms. The fourth-order valence-corrected chi connectivity index (χ4v) is 4.56. The average Bonchev–Trinajstić information content (AvgIpc) is 3.42. The smallest absolute Gasteiger partial charge is 0.265 e. The number of hydrogen-bond donors (Lipinski definition) is 1. The van der Waals surface area contributed by atoms with Crippen LogP contribution in [-0.2, 0) is 0 Å². The number of benzene rings is 1. The van der Waals surface area contributed by atoms with Crippen molar-refractivity contribution >= 4 is 29.1 Å². The number of thiazole rings is 1. The number of primary amides is 1. The lowest BCUT2D eigenvalue weighted by molar-refractivity contribution is 0.0794. The Hall–Kier alpha value is -3.33. The van der Waals surface area contributed by atoms with Crippen molar-refractivity contribution in [3.63, 3.8) is 0 Å². The molecule has 2 N–H and O–H groups in total. The quantitative estimate of drug-likeness (QED) is 0.659. The van der Waals surface area contributed by atoms with Crippen molar-refractivity contribution in [3.05, 3.63) is 57.8 Å². The summed E-state index contributed by atoms with van der Waals surface area (Å²) in [7, 11) is 3.78. The fraction of sp³-hybridized carbons (Fsp3) is 0.318. The van der Waals surface area contributed by atoms with Crippen LogP contribution in [0.1, 0.15) is 43.8 Å². The average molecular weight is 437 g/mol. The number of hydrogen-bond acceptors (Lipinski definition) is 7. The molecule has 1 aromatic carbocycles. The van der Waals surface area contributed by atoms with E-state index in [0.717, 1.165) is 28.9 Å². The van der Waals surface area contributed by atoms with Gasteiger partial charge in [0.05, 0.1) is 16.9 Å². The van der Waals surface area contributed by atoms with Gasteiger partial charge in [-0.15, -0.1) is 11.3 Å². The molecule has 8 nitrogen and oxygen atoms in total. The Morgan fingerprint density at radius 3 is 2.74 bits per heavy atom. The maximum Gasteiger partial charge on any atom is 0.265 e. The minimum Gasteiger partial charge on any atom is -0.366 e. The van der Waals surface area contributed by atoms with Crippen LogP contribution in [0.2, 0.25) is 0 Å². The Morgan fingerprint density at radius 1 is 1.26 bits per heavy atom. The number of carbonyl (C=O) groups excluding carboxylic acids is 2. The summed E-state index contributed by atoms with van der Waals surface area (Å²) < 4.78 is 0. The highest BCUT2D eigenvalue weighted by atomic mass is 32.1. The molecule has 0 spiro atoms. The molecular weight excluding hydrogens is 412 g/mol. The lowest BCUT2D eigenvalue weighted by Crippen LogP contribution is -2.28. The van der Waals surface area contributed by atoms with Crippen molar-refractivity contribution in [2.75, 3.05) is 32.1 Å². The summed E-state index contributed by atoms with van der Waals surface area (Å²) in [6.45, 7) is 3.08. The van der Waals surface area contributed by atoms with E-state index in [1.165, 1.54) is 11.3 Å². The van der Waals surface area contributed by atoms with Gasteiger partial charge >= 0.3 is 0 Å². The van der Waals surface area contributed by atoms with Gasteiger partial charge in [0.1, 0.15) is 4.88 Å². The lowest BCUT2D eigenvalue weighted by Gasteiger charge is -2.19. The molecule has 4 rings (SSSR count). The third kappa shape index (κ3) is 4.13. The molecule has 3 aromatic rings. The molecule has 1 unspecified atom stereocenters. The van der Waals surface area contributed by atoms with Crippen LogP contribution >= 0.6 is 11.3 Å². The number of likely N-dealkylation sites (tertiary alicyclic amines) is 1. The highest BCUT2D eigenvalue weighted by molar-refractivity contribution is 7.11. The number of nitrogens with two attached hydrogens (primary N) is 1. The van der Waals surface area contributed by atoms with Gasteiger partial charge in [-0.05, 0) is 31.0 Å². The topological polar surface area (TPSA) is 105 Å². The second kappa shape index (κ2) is 8.43. The minimum atomic E-state index is -0.480. The standard InChI is InChI=1S/C22H24N6O2S/c1-13-19(31-12-25-13)21(30)28-8-7-16(11-28)18-17(10-24-22(26-18)27(2)3)14-5-4-6-15(9-14)20(23)29/h4-6,9-10,12,16H,7-8,11H2,1-3H3,(H2,23,29). The van der Waals surface area contributed by atoms with Crippen LogP contribution in [0, 0.1) is 6.92 Å². The summed E-state index contributed by atoms with van der Waals surface area (Å²) in [4.78, 5) is 42.5. The molecule has 9 heteroatoms. The van der Waals surface area contributed by atoms with E-state index in [2.05, 4.69) is 9.97 Å². The largest absolute Gasteiger partial charge is 0.366 e. The van der Waals surface area contributed by atoms with Gasteiger partial charge in [0.15, 0.2) is 0 Å². The van der Waals surface area contributed by atoms with Crippen molar-refractivity contribution in [2.24, 2.45) is 5.73 Å². The number of amides is 2. The van der Waals surface area contributed by atoms with E-state index >= 15 is 0 Å². The van der Waals surface area contributed by atoms with E-state index in [1.54, 1.807) is 29.9 Å². The zero-order valence-corrected chi connectivity index (χ0v) is 18.5. The predicted octanol–water partition coefficient (Wildman–Crippen LogP) is 2.70. The lowest BCUT2D eigenvalue weighted by atomic mass is 9.95. The highest BCUT2D eigenvalue weighted by Crippen LogP contribution is 2.35. The number of nitrogens with zero attached hydrogens (tertiary/aromatic N) is 5. The molecule has 3 heterocycles. The number of aromatic nitrogens is 3. The van der Waals surface area contributed by atoms with E-state index in [-0.39, 0.29) is 11.8 Å². The van der Waals surface area contributed by atoms with Crippen molar-refractivity contribution < 1.29 is 9.59 Å². The Kier molecular flexibility index (Phi) is 5.69. The monoisotopic (exact) mass is 436 g/mol. The Bertz CT molecular complexity index is 1140. The van der Waals surface area contributed by atoms with Gasteiger partial charge in [-0.1, -0.05) is 12.1 Å². The molecule has 2 aromatic heterocycles. The second-order valence-corrected chi connectivity index (χ2v) is 8.67. The Balaban J connectivity index is 1.69. The SMILES string of the molecule is Cc1ncsc1C(=O)N1CCC(c2nc(N(C)C)ncc2-c2cccc(C(N)=O)c2)C1. The molecule has 0 bridgehead atoms. The molecule has 2 amide bonds. The third-order valence-electron chi connectivity index (χ3n) is 5.47. The minimum absolute atomic E-state index is 0.0154. The number of anilines is 1.